The highest BCUT2D eigenvalue weighted by Gasteiger charge is 2.49. The van der Waals surface area contributed by atoms with E-state index < -0.39 is 20.0 Å². The molecule has 4 saturated heterocycles. The van der Waals surface area contributed by atoms with E-state index in [0.717, 1.165) is 111 Å². The zero-order chi connectivity index (χ0) is 52.0. The molecule has 18 heteroatoms. The second kappa shape index (κ2) is 23.9. The van der Waals surface area contributed by atoms with Crippen LogP contribution in [0.25, 0.3) is 0 Å². The summed E-state index contributed by atoms with van der Waals surface area (Å²) in [5.74, 6) is 1.73. The van der Waals surface area contributed by atoms with E-state index in [4.69, 9.17) is 18.9 Å². The Morgan fingerprint density at radius 3 is 1.22 bits per heavy atom. The molecule has 2 saturated carbocycles. The first kappa shape index (κ1) is 53.8. The van der Waals surface area contributed by atoms with Gasteiger partial charge in [0.2, 0.25) is 20.0 Å². The van der Waals surface area contributed by atoms with Gasteiger partial charge < -0.3 is 28.7 Å². The van der Waals surface area contributed by atoms with Crippen molar-refractivity contribution in [2.24, 2.45) is 35.5 Å². The maximum absolute atomic E-state index is 13.4. The van der Waals surface area contributed by atoms with Crippen LogP contribution in [0.3, 0.4) is 0 Å². The smallest absolute Gasteiger partial charge is 0.410 e. The Morgan fingerprint density at radius 2 is 0.892 bits per heavy atom. The Labute approximate surface area is 438 Å². The molecule has 10 rings (SSSR count). The number of ether oxygens (including phenoxy) is 4. The average Bonchev–Trinajstić information content (AvgIpc) is 4.19. The Bertz CT molecular complexity index is 2560. The summed E-state index contributed by atoms with van der Waals surface area (Å²) in [4.78, 5) is 39.6. The van der Waals surface area contributed by atoms with Gasteiger partial charge in [0, 0.05) is 102 Å². The van der Waals surface area contributed by atoms with Gasteiger partial charge in [-0.25, -0.2) is 26.4 Å². The zero-order valence-corrected chi connectivity index (χ0v) is 45.1. The number of carbonyl (C=O) groups is 2. The summed E-state index contributed by atoms with van der Waals surface area (Å²) in [5.41, 5.74) is 5.00. The Kier molecular flexibility index (Phi) is 17.4. The Balaban J connectivity index is 0.000000182. The molecule has 6 aliphatic rings. The van der Waals surface area contributed by atoms with Gasteiger partial charge in [-0.3, -0.25) is 9.97 Å². The fraction of sp³-hybridized carbons (Fsp3) is 0.571. The molecule has 6 atom stereocenters. The number of fused-ring (bicyclic) bond motifs is 2. The number of aryl methyl sites for hydroxylation is 4. The minimum atomic E-state index is -3.59. The lowest BCUT2D eigenvalue weighted by atomic mass is 9.98. The number of aromatic nitrogens is 2. The lowest BCUT2D eigenvalue weighted by Crippen LogP contribution is -2.44. The molecule has 2 aromatic carbocycles. The van der Waals surface area contributed by atoms with Crippen molar-refractivity contribution < 1.29 is 45.4 Å². The van der Waals surface area contributed by atoms with Crippen LogP contribution in [-0.2, 0) is 52.2 Å². The molecular weight excluding hydrogens is 981 g/mol. The highest BCUT2D eigenvalue weighted by molar-refractivity contribution is 7.89. The zero-order valence-electron chi connectivity index (χ0n) is 43.4. The van der Waals surface area contributed by atoms with Crippen molar-refractivity contribution in [3.63, 3.8) is 0 Å². The molecule has 4 aromatic rings. The molecule has 400 valence electrons. The van der Waals surface area contributed by atoms with Crippen molar-refractivity contribution in [3.05, 3.63) is 119 Å². The molecule has 0 radical (unpaired) electrons. The van der Waals surface area contributed by atoms with E-state index in [1.54, 1.807) is 8.61 Å². The minimum Gasteiger partial charge on any atom is -0.445 e. The van der Waals surface area contributed by atoms with Crippen LogP contribution < -0.4 is 0 Å². The summed E-state index contributed by atoms with van der Waals surface area (Å²) in [5, 5.41) is 0. The molecule has 6 heterocycles. The number of nitrogens with zero attached hydrogens (tertiary/aromatic N) is 6. The van der Waals surface area contributed by atoms with Crippen molar-refractivity contribution in [1.29, 1.82) is 0 Å². The molecule has 6 fully saturated rings. The fourth-order valence-electron chi connectivity index (χ4n) is 12.3. The molecule has 4 aliphatic heterocycles. The fourth-order valence-corrected chi connectivity index (χ4v) is 15.7. The molecular formula is C56H74N6O10S2. The molecule has 2 aromatic heterocycles. The van der Waals surface area contributed by atoms with Gasteiger partial charge in [-0.2, -0.15) is 8.61 Å². The summed E-state index contributed by atoms with van der Waals surface area (Å²) < 4.78 is 79.4. The van der Waals surface area contributed by atoms with Crippen molar-refractivity contribution in [3.8, 4) is 0 Å². The third-order valence-corrected chi connectivity index (χ3v) is 20.3. The summed E-state index contributed by atoms with van der Waals surface area (Å²) in [6.45, 7) is 14.1. The maximum atomic E-state index is 13.4. The second-order valence-corrected chi connectivity index (χ2v) is 25.4. The largest absolute Gasteiger partial charge is 0.445 e. The van der Waals surface area contributed by atoms with Crippen LogP contribution in [-0.4, -0.2) is 135 Å². The standard InChI is InChI=1S/2C28H37N3O5S/c2*1-20-12-21(2)29-15-27(20)37(33,34)30-17-24-13-26(14-25(24)18-30)31(16-22-8-10-35-11-9-22)28(32)36-19-23-6-4-3-5-7-23/h2*3-7,12,15,22,24-26H,8-11,13-14,16-19H2,1-2H3/t2*24-,25+,26?. The second-order valence-electron chi connectivity index (χ2n) is 21.6. The van der Waals surface area contributed by atoms with Crippen molar-refractivity contribution >= 4 is 32.2 Å². The van der Waals surface area contributed by atoms with E-state index in [9.17, 15) is 26.4 Å². The molecule has 2 unspecified atom stereocenters. The molecule has 2 aliphatic carbocycles. The lowest BCUT2D eigenvalue weighted by molar-refractivity contribution is 0.0350. The van der Waals surface area contributed by atoms with Gasteiger partial charge in [-0.1, -0.05) is 60.7 Å². The van der Waals surface area contributed by atoms with E-state index >= 15 is 0 Å². The Morgan fingerprint density at radius 1 is 0.554 bits per heavy atom. The minimum absolute atomic E-state index is 0.0637. The number of rotatable bonds is 14. The number of amides is 2. The quantitative estimate of drug-likeness (QED) is 0.118. The van der Waals surface area contributed by atoms with Crippen LogP contribution in [0.1, 0.15) is 85.0 Å². The van der Waals surface area contributed by atoms with Crippen molar-refractivity contribution in [1.82, 2.24) is 28.4 Å². The molecule has 16 nitrogen and oxygen atoms in total. The SMILES string of the molecule is Cc1cc(C)c(S(=O)(=O)N2C[C@H]3CC(N(CC4CCOCC4)C(=O)OCc4ccccc4)C[C@H]3C2)cn1.Cc1cc(C)c(S(=O)(=O)N2C[C@H]3CC(N(CC4CCOCC4)C(=O)OCc4ccccc4)C[C@H]3C2)cn1. The van der Waals surface area contributed by atoms with Crippen molar-refractivity contribution in [2.75, 3.05) is 65.7 Å². The van der Waals surface area contributed by atoms with E-state index in [1.165, 1.54) is 12.4 Å². The van der Waals surface area contributed by atoms with Crippen LogP contribution in [0.15, 0.2) is 95.0 Å². The number of hydrogen-bond acceptors (Lipinski definition) is 12. The number of hydrogen-bond donors (Lipinski definition) is 0. The highest BCUT2D eigenvalue weighted by atomic mass is 32.2. The lowest BCUT2D eigenvalue weighted by Gasteiger charge is -2.34. The number of carbonyl (C=O) groups excluding carboxylic acids is 2. The van der Waals surface area contributed by atoms with E-state index in [2.05, 4.69) is 9.97 Å². The number of sulfonamides is 2. The summed E-state index contributed by atoms with van der Waals surface area (Å²) >= 11 is 0. The van der Waals surface area contributed by atoms with Gasteiger partial charge in [-0.15, -0.1) is 0 Å². The van der Waals surface area contributed by atoms with E-state index in [-0.39, 0.29) is 61.2 Å². The molecule has 0 N–H and O–H groups in total. The van der Waals surface area contributed by atoms with Crippen LogP contribution >= 0.6 is 0 Å². The van der Waals surface area contributed by atoms with E-state index in [0.29, 0.717) is 60.9 Å². The molecule has 0 spiro atoms. The van der Waals surface area contributed by atoms with Crippen LogP contribution in [0, 0.1) is 63.2 Å². The van der Waals surface area contributed by atoms with Crippen LogP contribution in [0.5, 0.6) is 0 Å². The van der Waals surface area contributed by atoms with Crippen molar-refractivity contribution in [2.45, 2.75) is 114 Å². The van der Waals surface area contributed by atoms with Gasteiger partial charge in [0.1, 0.15) is 23.0 Å². The first-order valence-electron chi connectivity index (χ1n) is 26.6. The molecule has 74 heavy (non-hydrogen) atoms. The van der Waals surface area contributed by atoms with Gasteiger partial charge >= 0.3 is 12.2 Å². The summed E-state index contributed by atoms with van der Waals surface area (Å²) in [7, 11) is -7.18. The molecule has 2 amide bonds. The predicted molar refractivity (Wildman–Crippen MR) is 279 cm³/mol. The predicted octanol–water partition coefficient (Wildman–Crippen LogP) is 8.33. The van der Waals surface area contributed by atoms with Gasteiger partial charge in [-0.05, 0) is 149 Å². The third kappa shape index (κ3) is 12.8. The van der Waals surface area contributed by atoms with Crippen LogP contribution in [0.4, 0.5) is 9.59 Å². The number of pyridine rings is 2. The van der Waals surface area contributed by atoms with Gasteiger partial charge in [0.25, 0.3) is 0 Å². The van der Waals surface area contributed by atoms with Gasteiger partial charge in [0.05, 0.1) is 0 Å². The topological polar surface area (TPSA) is 178 Å². The number of benzene rings is 2. The molecule has 0 bridgehead atoms. The average molecular weight is 1060 g/mol. The maximum Gasteiger partial charge on any atom is 0.410 e. The first-order chi connectivity index (χ1) is 35.6. The van der Waals surface area contributed by atoms with E-state index in [1.807, 2.05) is 110 Å². The summed E-state index contributed by atoms with van der Waals surface area (Å²) in [6, 6.07) is 23.2. The normalized spacial score (nSPS) is 24.6. The van der Waals surface area contributed by atoms with Gasteiger partial charge in [0.15, 0.2) is 0 Å². The monoisotopic (exact) mass is 1050 g/mol. The third-order valence-electron chi connectivity index (χ3n) is 16.4. The highest BCUT2D eigenvalue weighted by Crippen LogP contribution is 2.44. The first-order valence-corrected chi connectivity index (χ1v) is 29.5. The van der Waals surface area contributed by atoms with Crippen LogP contribution in [0.2, 0.25) is 0 Å². The summed E-state index contributed by atoms with van der Waals surface area (Å²) in [6.07, 6.45) is 9.38. The Hall–Kier alpha value is -4.98.